The fraction of sp³-hybridized carbons (Fsp3) is 0.304. The number of nitrogens with one attached hydrogen (secondary N) is 3. The zero-order valence-corrected chi connectivity index (χ0v) is 18.2. The maximum absolute atomic E-state index is 5.89. The van der Waals surface area contributed by atoms with Gasteiger partial charge >= 0.3 is 0 Å². The number of H-pyrrole nitrogens is 1. The Labute approximate surface area is 186 Å². The second-order valence-electron chi connectivity index (χ2n) is 8.33. The van der Waals surface area contributed by atoms with Crippen molar-refractivity contribution in [2.24, 2.45) is 0 Å². The molecule has 4 aromatic heterocycles. The molecule has 0 amide bonds. The molecule has 0 unspecified atom stereocenters. The number of pyridine rings is 2. The molecule has 1 aliphatic rings. The number of nitrogens with two attached hydrogens (primary N) is 1. The Kier molecular flexibility index (Phi) is 5.32. The fourth-order valence-corrected chi connectivity index (χ4v) is 4.37. The molecule has 9 heteroatoms. The van der Waals surface area contributed by atoms with Crippen molar-refractivity contribution in [3.8, 4) is 11.1 Å². The summed E-state index contributed by atoms with van der Waals surface area (Å²) in [6.45, 7) is 6.87. The van der Waals surface area contributed by atoms with Crippen molar-refractivity contribution < 1.29 is 0 Å². The fourth-order valence-electron chi connectivity index (χ4n) is 4.37. The molecule has 5 heterocycles. The zero-order valence-electron chi connectivity index (χ0n) is 18.2. The van der Waals surface area contributed by atoms with Gasteiger partial charge in [0, 0.05) is 43.1 Å². The molecule has 0 aromatic carbocycles. The monoisotopic (exact) mass is 429 g/mol. The largest absolute Gasteiger partial charge is 0.384 e. The second kappa shape index (κ2) is 8.43. The van der Waals surface area contributed by atoms with Crippen molar-refractivity contribution in [1.82, 2.24) is 30.2 Å². The molecule has 5 rings (SSSR count). The van der Waals surface area contributed by atoms with Gasteiger partial charge in [-0.1, -0.05) is 6.07 Å². The molecule has 1 fully saturated rings. The number of nitrogen functional groups attached to an aromatic ring is 1. The van der Waals surface area contributed by atoms with E-state index in [0.717, 1.165) is 52.6 Å². The van der Waals surface area contributed by atoms with E-state index in [-0.39, 0.29) is 0 Å². The van der Waals surface area contributed by atoms with Gasteiger partial charge in [-0.25, -0.2) is 19.9 Å². The predicted molar refractivity (Wildman–Crippen MR) is 127 cm³/mol. The zero-order chi connectivity index (χ0) is 22.1. The first-order chi connectivity index (χ1) is 15.6. The summed E-state index contributed by atoms with van der Waals surface area (Å²) >= 11 is 0. The lowest BCUT2D eigenvalue weighted by Gasteiger charge is -2.37. The minimum Gasteiger partial charge on any atom is -0.384 e. The van der Waals surface area contributed by atoms with E-state index < -0.39 is 0 Å². The van der Waals surface area contributed by atoms with Crippen LogP contribution in [0.4, 0.5) is 17.5 Å². The number of rotatable bonds is 5. The standard InChI is InChI=1S/C23H27N9/c1-14-11-32(12-15(2)30-14)20-5-3-4-17(31-20)9-26-22-21-18(10-27-23(21)29-13-28-22)16-6-7-25-19(24)8-16/h3-8,10,13-15,30H,9,11-12H2,1-2H3,(H2,24,25)(H2,26,27,28,29)/t14-,15+. The van der Waals surface area contributed by atoms with Crippen LogP contribution in [0.2, 0.25) is 0 Å². The lowest BCUT2D eigenvalue weighted by Crippen LogP contribution is -2.54. The van der Waals surface area contributed by atoms with E-state index >= 15 is 0 Å². The molecule has 32 heavy (non-hydrogen) atoms. The lowest BCUT2D eigenvalue weighted by molar-refractivity contribution is 0.405. The van der Waals surface area contributed by atoms with Crippen LogP contribution >= 0.6 is 0 Å². The van der Waals surface area contributed by atoms with Gasteiger partial charge in [0.05, 0.1) is 17.6 Å². The van der Waals surface area contributed by atoms with Gasteiger partial charge in [0.2, 0.25) is 0 Å². The molecule has 2 atom stereocenters. The molecule has 0 radical (unpaired) electrons. The number of aromatic amines is 1. The van der Waals surface area contributed by atoms with Crippen LogP contribution in [-0.2, 0) is 6.54 Å². The summed E-state index contributed by atoms with van der Waals surface area (Å²) in [5, 5.41) is 7.93. The predicted octanol–water partition coefficient (Wildman–Crippen LogP) is 2.80. The van der Waals surface area contributed by atoms with Crippen molar-refractivity contribution >= 4 is 28.5 Å². The van der Waals surface area contributed by atoms with Gasteiger partial charge in [-0.3, -0.25) is 0 Å². The highest BCUT2D eigenvalue weighted by Crippen LogP contribution is 2.32. The first-order valence-corrected chi connectivity index (χ1v) is 10.8. The van der Waals surface area contributed by atoms with Crippen LogP contribution in [-0.4, -0.2) is 50.1 Å². The average molecular weight is 430 g/mol. The number of piperazine rings is 1. The minimum absolute atomic E-state index is 0.436. The molecular formula is C23H27N9. The van der Waals surface area contributed by atoms with Crippen LogP contribution in [0.25, 0.3) is 22.2 Å². The summed E-state index contributed by atoms with van der Waals surface area (Å²) in [4.78, 5) is 23.4. The third kappa shape index (κ3) is 4.06. The Bertz CT molecular complexity index is 1230. The normalized spacial score (nSPS) is 18.8. The minimum atomic E-state index is 0.436. The first-order valence-electron chi connectivity index (χ1n) is 10.8. The molecule has 5 N–H and O–H groups in total. The lowest BCUT2D eigenvalue weighted by atomic mass is 10.1. The van der Waals surface area contributed by atoms with Gasteiger partial charge in [0.25, 0.3) is 0 Å². The van der Waals surface area contributed by atoms with Crippen molar-refractivity contribution in [2.75, 3.05) is 29.0 Å². The summed E-state index contributed by atoms with van der Waals surface area (Å²) in [6.07, 6.45) is 5.18. The molecule has 0 saturated carbocycles. The molecule has 0 spiro atoms. The third-order valence-corrected chi connectivity index (χ3v) is 5.67. The first kappa shape index (κ1) is 20.2. The van der Waals surface area contributed by atoms with E-state index in [9.17, 15) is 0 Å². The average Bonchev–Trinajstić information content (AvgIpc) is 3.22. The van der Waals surface area contributed by atoms with E-state index in [2.05, 4.69) is 61.4 Å². The van der Waals surface area contributed by atoms with Gasteiger partial charge in [0.1, 0.15) is 29.4 Å². The summed E-state index contributed by atoms with van der Waals surface area (Å²) in [5.41, 5.74) is 9.55. The summed E-state index contributed by atoms with van der Waals surface area (Å²) in [6, 6.07) is 10.8. The van der Waals surface area contributed by atoms with E-state index in [1.807, 2.05) is 24.4 Å². The number of hydrogen-bond donors (Lipinski definition) is 4. The summed E-state index contributed by atoms with van der Waals surface area (Å²) < 4.78 is 0. The maximum atomic E-state index is 5.89. The highest BCUT2D eigenvalue weighted by Gasteiger charge is 2.22. The molecule has 4 aromatic rings. The van der Waals surface area contributed by atoms with Crippen LogP contribution in [0.5, 0.6) is 0 Å². The van der Waals surface area contributed by atoms with E-state index in [1.165, 1.54) is 0 Å². The van der Waals surface area contributed by atoms with Gasteiger partial charge in [-0.2, -0.15) is 0 Å². The van der Waals surface area contributed by atoms with Crippen molar-refractivity contribution in [1.29, 1.82) is 0 Å². The Morgan fingerprint density at radius 1 is 1.12 bits per heavy atom. The molecule has 0 bridgehead atoms. The number of anilines is 3. The summed E-state index contributed by atoms with van der Waals surface area (Å²) in [5.74, 6) is 2.23. The van der Waals surface area contributed by atoms with Gasteiger partial charge < -0.3 is 26.3 Å². The van der Waals surface area contributed by atoms with Gasteiger partial charge in [0.15, 0.2) is 0 Å². The molecule has 0 aliphatic carbocycles. The van der Waals surface area contributed by atoms with E-state index in [0.29, 0.717) is 24.4 Å². The maximum Gasteiger partial charge on any atom is 0.143 e. The van der Waals surface area contributed by atoms with Crippen molar-refractivity contribution in [3.63, 3.8) is 0 Å². The SMILES string of the molecule is C[C@@H]1CN(c2cccc(CNc3ncnc4[nH]cc(-c5ccnc(N)c5)c34)n2)C[C@H](C)N1. The molecule has 164 valence electrons. The Morgan fingerprint density at radius 3 is 2.78 bits per heavy atom. The topological polar surface area (TPSA) is 121 Å². The van der Waals surface area contributed by atoms with Crippen LogP contribution in [0, 0.1) is 0 Å². The van der Waals surface area contributed by atoms with Crippen molar-refractivity contribution in [3.05, 3.63) is 54.7 Å². The van der Waals surface area contributed by atoms with Crippen LogP contribution < -0.4 is 21.3 Å². The molecule has 9 nitrogen and oxygen atoms in total. The number of fused-ring (bicyclic) bond motifs is 1. The highest BCUT2D eigenvalue weighted by molar-refractivity contribution is 6.01. The Balaban J connectivity index is 1.40. The number of nitrogens with zero attached hydrogens (tertiary/aromatic N) is 5. The van der Waals surface area contributed by atoms with Crippen LogP contribution in [0.3, 0.4) is 0 Å². The highest BCUT2D eigenvalue weighted by atomic mass is 15.3. The van der Waals surface area contributed by atoms with Gasteiger partial charge in [-0.15, -0.1) is 0 Å². The van der Waals surface area contributed by atoms with E-state index in [4.69, 9.17) is 10.7 Å². The Hall–Kier alpha value is -3.72. The third-order valence-electron chi connectivity index (χ3n) is 5.67. The number of hydrogen-bond acceptors (Lipinski definition) is 8. The van der Waals surface area contributed by atoms with Crippen LogP contribution in [0.15, 0.2) is 49.1 Å². The Morgan fingerprint density at radius 2 is 1.97 bits per heavy atom. The number of aromatic nitrogens is 5. The summed E-state index contributed by atoms with van der Waals surface area (Å²) in [7, 11) is 0. The molecule has 1 aliphatic heterocycles. The van der Waals surface area contributed by atoms with E-state index in [1.54, 1.807) is 12.5 Å². The van der Waals surface area contributed by atoms with Gasteiger partial charge in [-0.05, 0) is 43.7 Å². The van der Waals surface area contributed by atoms with Crippen LogP contribution in [0.1, 0.15) is 19.5 Å². The smallest absolute Gasteiger partial charge is 0.143 e. The quantitative estimate of drug-likeness (QED) is 0.382. The molecule has 1 saturated heterocycles. The van der Waals surface area contributed by atoms with Crippen molar-refractivity contribution in [2.45, 2.75) is 32.5 Å². The molecular weight excluding hydrogens is 402 g/mol. The second-order valence-corrected chi connectivity index (χ2v) is 8.33.